The third-order valence-electron chi connectivity index (χ3n) is 5.52. The molecule has 0 fully saturated rings. The quantitative estimate of drug-likeness (QED) is 0.679. The van der Waals surface area contributed by atoms with Crippen molar-refractivity contribution in [2.75, 3.05) is 19.7 Å². The number of benzene rings is 1. The number of amides is 3. The van der Waals surface area contributed by atoms with E-state index in [0.717, 1.165) is 17.7 Å². The Bertz CT molecular complexity index is 931. The number of aryl methyl sites for hydroxylation is 1. The summed E-state index contributed by atoms with van der Waals surface area (Å²) < 4.78 is 6.09. The SMILES string of the molecule is Cc1ccc(OC[C@H]2c3ccsc3CCN2C(=O)CN(C(=O)NC(C)(C)C)C(C)C)cc1. The highest BCUT2D eigenvalue weighted by Crippen LogP contribution is 2.34. The first kappa shape index (κ1) is 24.1. The molecule has 0 aliphatic carbocycles. The average molecular weight is 458 g/mol. The highest BCUT2D eigenvalue weighted by atomic mass is 32.1. The van der Waals surface area contributed by atoms with Crippen molar-refractivity contribution >= 4 is 23.3 Å². The lowest BCUT2D eigenvalue weighted by molar-refractivity contribution is -0.135. The zero-order chi connectivity index (χ0) is 23.5. The van der Waals surface area contributed by atoms with E-state index in [1.165, 1.54) is 10.4 Å². The molecule has 32 heavy (non-hydrogen) atoms. The molecular formula is C25H35N3O3S. The second kappa shape index (κ2) is 9.94. The maximum absolute atomic E-state index is 13.4. The Morgan fingerprint density at radius 2 is 1.91 bits per heavy atom. The number of thiophene rings is 1. The monoisotopic (exact) mass is 457 g/mol. The first-order valence-electron chi connectivity index (χ1n) is 11.2. The van der Waals surface area contributed by atoms with Gasteiger partial charge in [0, 0.05) is 23.0 Å². The minimum Gasteiger partial charge on any atom is -0.491 e. The third-order valence-corrected chi connectivity index (χ3v) is 6.51. The van der Waals surface area contributed by atoms with Crippen LogP contribution in [0.1, 0.15) is 56.7 Å². The number of rotatable bonds is 6. The normalized spacial score (nSPS) is 16.0. The van der Waals surface area contributed by atoms with E-state index >= 15 is 0 Å². The van der Waals surface area contributed by atoms with Crippen LogP contribution in [0.5, 0.6) is 5.75 Å². The number of carbonyl (C=O) groups excluding carboxylic acids is 2. The maximum atomic E-state index is 13.4. The molecule has 0 saturated carbocycles. The largest absolute Gasteiger partial charge is 0.491 e. The van der Waals surface area contributed by atoms with Gasteiger partial charge in [-0.1, -0.05) is 17.7 Å². The van der Waals surface area contributed by atoms with Gasteiger partial charge in [-0.25, -0.2) is 4.79 Å². The van der Waals surface area contributed by atoms with Crippen molar-refractivity contribution in [2.24, 2.45) is 0 Å². The summed E-state index contributed by atoms with van der Waals surface area (Å²) >= 11 is 1.73. The Morgan fingerprint density at radius 3 is 2.53 bits per heavy atom. The Kier molecular flexibility index (Phi) is 7.49. The van der Waals surface area contributed by atoms with Gasteiger partial charge in [0.05, 0.1) is 6.04 Å². The molecule has 2 heterocycles. The molecular weight excluding hydrogens is 422 g/mol. The van der Waals surface area contributed by atoms with Crippen LogP contribution >= 0.6 is 11.3 Å². The summed E-state index contributed by atoms with van der Waals surface area (Å²) in [4.78, 5) is 31.0. The van der Waals surface area contributed by atoms with Gasteiger partial charge in [0.25, 0.3) is 0 Å². The summed E-state index contributed by atoms with van der Waals surface area (Å²) in [7, 11) is 0. The minimum atomic E-state index is -0.367. The molecule has 7 heteroatoms. The second-order valence-corrected chi connectivity index (χ2v) is 10.7. The minimum absolute atomic E-state index is 0.0417. The second-order valence-electron chi connectivity index (χ2n) is 9.68. The summed E-state index contributed by atoms with van der Waals surface area (Å²) in [6.07, 6.45) is 0.829. The van der Waals surface area contributed by atoms with Crippen molar-refractivity contribution in [3.05, 3.63) is 51.7 Å². The predicted molar refractivity (Wildman–Crippen MR) is 129 cm³/mol. The molecule has 1 N–H and O–H groups in total. The van der Waals surface area contributed by atoms with Crippen LogP contribution in [0.15, 0.2) is 35.7 Å². The first-order chi connectivity index (χ1) is 15.0. The Balaban J connectivity index is 1.76. The molecule has 0 unspecified atom stereocenters. The van der Waals surface area contributed by atoms with E-state index in [0.29, 0.717) is 13.2 Å². The Hall–Kier alpha value is -2.54. The molecule has 1 aliphatic heterocycles. The predicted octanol–water partition coefficient (Wildman–Crippen LogP) is 4.78. The molecule has 1 aromatic heterocycles. The fraction of sp³-hybridized carbons (Fsp3) is 0.520. The molecule has 1 aromatic carbocycles. The number of hydrogen-bond donors (Lipinski definition) is 1. The van der Waals surface area contributed by atoms with Gasteiger partial charge in [-0.05, 0) is 77.1 Å². The van der Waals surface area contributed by atoms with Crippen LogP contribution in [0, 0.1) is 6.92 Å². The summed E-state index contributed by atoms with van der Waals surface area (Å²) in [6.45, 7) is 12.8. The van der Waals surface area contributed by atoms with Crippen molar-refractivity contribution in [1.29, 1.82) is 0 Å². The number of fused-ring (bicyclic) bond motifs is 1. The lowest BCUT2D eigenvalue weighted by atomic mass is 10.0. The molecule has 0 spiro atoms. The number of hydrogen-bond acceptors (Lipinski definition) is 4. The average Bonchev–Trinajstić information content (AvgIpc) is 3.18. The Morgan fingerprint density at radius 1 is 1.22 bits per heavy atom. The molecule has 0 saturated heterocycles. The van der Waals surface area contributed by atoms with E-state index in [1.807, 2.05) is 70.7 Å². The van der Waals surface area contributed by atoms with Crippen molar-refractivity contribution < 1.29 is 14.3 Å². The third kappa shape index (κ3) is 6.03. The highest BCUT2D eigenvalue weighted by molar-refractivity contribution is 7.10. The maximum Gasteiger partial charge on any atom is 0.318 e. The van der Waals surface area contributed by atoms with Crippen LogP contribution in [0.3, 0.4) is 0 Å². The van der Waals surface area contributed by atoms with E-state index in [-0.39, 0.29) is 36.1 Å². The molecule has 174 valence electrons. The smallest absolute Gasteiger partial charge is 0.318 e. The van der Waals surface area contributed by atoms with Crippen molar-refractivity contribution in [3.63, 3.8) is 0 Å². The van der Waals surface area contributed by atoms with Crippen molar-refractivity contribution in [3.8, 4) is 5.75 Å². The van der Waals surface area contributed by atoms with Crippen LogP contribution in [0.2, 0.25) is 0 Å². The molecule has 1 aliphatic rings. The zero-order valence-electron chi connectivity index (χ0n) is 20.0. The molecule has 0 bridgehead atoms. The van der Waals surface area contributed by atoms with E-state index in [1.54, 1.807) is 16.2 Å². The molecule has 2 aromatic rings. The molecule has 1 atom stereocenters. The van der Waals surface area contributed by atoms with Gasteiger partial charge in [0.2, 0.25) is 5.91 Å². The fourth-order valence-electron chi connectivity index (χ4n) is 3.80. The number of nitrogens with one attached hydrogen (secondary N) is 1. The van der Waals surface area contributed by atoms with Gasteiger partial charge in [0.1, 0.15) is 18.9 Å². The lowest BCUT2D eigenvalue weighted by Crippen LogP contribution is -2.54. The standard InChI is InChI=1S/C25H35N3O3S/c1-17(2)28(24(30)26-25(4,5)6)15-23(29)27-13-11-22-20(12-14-32-22)21(27)16-31-19-9-7-18(3)8-10-19/h7-10,12,14,17,21H,11,13,15-16H2,1-6H3,(H,26,30)/t21-/m0/s1. The fourth-order valence-corrected chi connectivity index (χ4v) is 4.73. The topological polar surface area (TPSA) is 61.9 Å². The summed E-state index contributed by atoms with van der Waals surface area (Å²) in [6, 6.07) is 9.55. The molecule has 0 radical (unpaired) electrons. The van der Waals surface area contributed by atoms with Crippen LogP contribution < -0.4 is 10.1 Å². The van der Waals surface area contributed by atoms with Crippen molar-refractivity contribution in [1.82, 2.24) is 15.1 Å². The van der Waals surface area contributed by atoms with Gasteiger partial charge in [-0.2, -0.15) is 0 Å². The van der Waals surface area contributed by atoms with E-state index in [4.69, 9.17) is 4.74 Å². The van der Waals surface area contributed by atoms with Gasteiger partial charge in [-0.3, -0.25) is 4.79 Å². The van der Waals surface area contributed by atoms with Crippen LogP contribution in [-0.4, -0.2) is 53.0 Å². The Labute approximate surface area is 195 Å². The van der Waals surface area contributed by atoms with Gasteiger partial charge in [0.15, 0.2) is 0 Å². The van der Waals surface area contributed by atoms with E-state index in [2.05, 4.69) is 16.8 Å². The molecule has 6 nitrogen and oxygen atoms in total. The molecule has 3 amide bonds. The number of carbonyl (C=O) groups is 2. The zero-order valence-corrected chi connectivity index (χ0v) is 20.8. The van der Waals surface area contributed by atoms with E-state index < -0.39 is 0 Å². The van der Waals surface area contributed by atoms with Crippen LogP contribution in [0.25, 0.3) is 0 Å². The van der Waals surface area contributed by atoms with Crippen molar-refractivity contribution in [2.45, 2.75) is 65.6 Å². The summed E-state index contributed by atoms with van der Waals surface area (Å²) in [5.74, 6) is 0.732. The summed E-state index contributed by atoms with van der Waals surface area (Å²) in [5, 5.41) is 5.05. The first-order valence-corrected chi connectivity index (χ1v) is 12.1. The van der Waals surface area contributed by atoms with Crippen LogP contribution in [0.4, 0.5) is 4.79 Å². The van der Waals surface area contributed by atoms with Gasteiger partial charge in [-0.15, -0.1) is 11.3 Å². The van der Waals surface area contributed by atoms with Crippen LogP contribution in [-0.2, 0) is 11.2 Å². The van der Waals surface area contributed by atoms with Gasteiger partial charge >= 0.3 is 6.03 Å². The highest BCUT2D eigenvalue weighted by Gasteiger charge is 2.34. The van der Waals surface area contributed by atoms with E-state index in [9.17, 15) is 9.59 Å². The number of urea groups is 1. The lowest BCUT2D eigenvalue weighted by Gasteiger charge is -2.38. The summed E-state index contributed by atoms with van der Waals surface area (Å²) in [5.41, 5.74) is 1.96. The van der Waals surface area contributed by atoms with Gasteiger partial charge < -0.3 is 19.9 Å². The number of nitrogens with zero attached hydrogens (tertiary/aromatic N) is 2. The molecule has 3 rings (SSSR count). The number of ether oxygens (including phenoxy) is 1.